The second-order valence-electron chi connectivity index (χ2n) is 7.71. The number of amides is 1. The Balaban J connectivity index is 0.00000450. The first-order valence-electron chi connectivity index (χ1n) is 10.5. The number of hydrogen-bond acceptors (Lipinski definition) is 4. The van der Waals surface area contributed by atoms with Gasteiger partial charge in [0.15, 0.2) is 5.96 Å². The highest BCUT2D eigenvalue weighted by Gasteiger charge is 2.33. The van der Waals surface area contributed by atoms with Crippen LogP contribution in [-0.4, -0.2) is 45.8 Å². The summed E-state index contributed by atoms with van der Waals surface area (Å²) < 4.78 is 10.7. The van der Waals surface area contributed by atoms with Gasteiger partial charge in [-0.3, -0.25) is 4.79 Å². The van der Waals surface area contributed by atoms with E-state index in [2.05, 4.69) is 22.9 Å². The summed E-state index contributed by atoms with van der Waals surface area (Å²) in [5.41, 5.74) is 1.96. The van der Waals surface area contributed by atoms with E-state index < -0.39 is 0 Å². The van der Waals surface area contributed by atoms with Crippen LogP contribution in [0.3, 0.4) is 0 Å². The molecule has 1 amide bonds. The maximum Gasteiger partial charge on any atom is 0.221 e. The molecule has 1 aromatic carbocycles. The second-order valence-corrected chi connectivity index (χ2v) is 7.71. The number of ether oxygens (including phenoxy) is 2. The average Bonchev–Trinajstić information content (AvgIpc) is 3.17. The lowest BCUT2D eigenvalue weighted by molar-refractivity contribution is -0.114. The zero-order valence-electron chi connectivity index (χ0n) is 18.7. The zero-order valence-corrected chi connectivity index (χ0v) is 21.0. The third-order valence-corrected chi connectivity index (χ3v) is 5.47. The summed E-state index contributed by atoms with van der Waals surface area (Å²) in [4.78, 5) is 16.2. The Bertz CT molecular complexity index is 691. The number of aliphatic imine (C=N–C) groups is 1. The number of carbonyl (C=O) groups is 1. The number of halogens is 1. The topological polar surface area (TPSA) is 84.0 Å². The van der Waals surface area contributed by atoms with Gasteiger partial charge in [0.2, 0.25) is 5.91 Å². The van der Waals surface area contributed by atoms with E-state index in [9.17, 15) is 4.79 Å². The number of guanidine groups is 1. The molecule has 0 bridgehead atoms. The summed E-state index contributed by atoms with van der Waals surface area (Å²) in [6.07, 6.45) is 6.13. The number of anilines is 1. The number of carbonyl (C=O) groups excluding carboxylic acids is 1. The third-order valence-electron chi connectivity index (χ3n) is 5.47. The summed E-state index contributed by atoms with van der Waals surface area (Å²) in [6, 6.07) is 5.73. The van der Waals surface area contributed by atoms with Crippen LogP contribution >= 0.6 is 24.0 Å². The monoisotopic (exact) mass is 532 g/mol. The molecule has 1 aliphatic carbocycles. The van der Waals surface area contributed by atoms with Gasteiger partial charge in [-0.1, -0.05) is 18.9 Å². The molecule has 1 saturated carbocycles. The molecule has 8 heteroatoms. The largest absolute Gasteiger partial charge is 0.495 e. The minimum Gasteiger partial charge on any atom is -0.495 e. The molecule has 1 aliphatic rings. The molecular formula is C22H37IN4O3. The van der Waals surface area contributed by atoms with E-state index in [1.807, 2.05) is 18.2 Å². The van der Waals surface area contributed by atoms with Crippen LogP contribution in [0.4, 0.5) is 5.69 Å². The molecule has 0 aromatic heterocycles. The quantitative estimate of drug-likeness (QED) is 0.242. The van der Waals surface area contributed by atoms with E-state index in [-0.39, 0.29) is 29.9 Å². The molecule has 0 aliphatic heterocycles. The number of nitrogens with zero attached hydrogens (tertiary/aromatic N) is 1. The van der Waals surface area contributed by atoms with Gasteiger partial charge in [-0.25, -0.2) is 4.99 Å². The molecule has 0 atom stereocenters. The number of rotatable bonds is 10. The molecule has 0 heterocycles. The van der Waals surface area contributed by atoms with Crippen molar-refractivity contribution in [2.24, 2.45) is 10.4 Å². The molecule has 1 fully saturated rings. The van der Waals surface area contributed by atoms with Gasteiger partial charge in [0, 0.05) is 33.7 Å². The smallest absolute Gasteiger partial charge is 0.221 e. The van der Waals surface area contributed by atoms with Crippen molar-refractivity contribution < 1.29 is 14.3 Å². The fourth-order valence-corrected chi connectivity index (χ4v) is 3.88. The van der Waals surface area contributed by atoms with Crippen LogP contribution in [-0.2, 0) is 16.1 Å². The normalized spacial score (nSPS) is 15.3. The van der Waals surface area contributed by atoms with E-state index in [0.29, 0.717) is 23.4 Å². The van der Waals surface area contributed by atoms with Crippen molar-refractivity contribution >= 4 is 41.5 Å². The predicted molar refractivity (Wildman–Crippen MR) is 133 cm³/mol. The van der Waals surface area contributed by atoms with Crippen molar-refractivity contribution in [3.8, 4) is 5.75 Å². The van der Waals surface area contributed by atoms with Crippen LogP contribution in [0.5, 0.6) is 5.75 Å². The average molecular weight is 532 g/mol. The first-order chi connectivity index (χ1) is 14.0. The first kappa shape index (κ1) is 26.5. The Labute approximate surface area is 197 Å². The van der Waals surface area contributed by atoms with Crippen LogP contribution in [0.15, 0.2) is 23.2 Å². The van der Waals surface area contributed by atoms with Crippen LogP contribution in [0.2, 0.25) is 0 Å². The molecule has 0 saturated heterocycles. The first-order valence-corrected chi connectivity index (χ1v) is 10.5. The summed E-state index contributed by atoms with van der Waals surface area (Å²) in [5, 5.41) is 9.68. The van der Waals surface area contributed by atoms with E-state index in [0.717, 1.165) is 37.6 Å². The van der Waals surface area contributed by atoms with Crippen molar-refractivity contribution in [1.29, 1.82) is 0 Å². The van der Waals surface area contributed by atoms with E-state index in [4.69, 9.17) is 14.5 Å². The van der Waals surface area contributed by atoms with Crippen LogP contribution in [0, 0.1) is 5.41 Å². The van der Waals surface area contributed by atoms with E-state index in [1.54, 1.807) is 14.2 Å². The molecule has 0 spiro atoms. The molecular weight excluding hydrogens is 495 g/mol. The zero-order chi connectivity index (χ0) is 21.1. The molecule has 1 aromatic rings. The number of benzene rings is 1. The number of methoxy groups -OCH3 is 2. The number of nitrogens with one attached hydrogen (secondary N) is 3. The molecule has 170 valence electrons. The highest BCUT2D eigenvalue weighted by atomic mass is 127. The van der Waals surface area contributed by atoms with Crippen LogP contribution < -0.4 is 20.7 Å². The Kier molecular flexibility index (Phi) is 12.1. The predicted octanol–water partition coefficient (Wildman–Crippen LogP) is 3.92. The van der Waals surface area contributed by atoms with Gasteiger partial charge in [-0.2, -0.15) is 0 Å². The van der Waals surface area contributed by atoms with Crippen molar-refractivity contribution in [2.45, 2.75) is 52.5 Å². The van der Waals surface area contributed by atoms with Gasteiger partial charge in [0.05, 0.1) is 19.3 Å². The van der Waals surface area contributed by atoms with Crippen molar-refractivity contribution in [2.75, 3.05) is 39.2 Å². The van der Waals surface area contributed by atoms with Gasteiger partial charge in [0.25, 0.3) is 0 Å². The minimum absolute atomic E-state index is 0. The molecule has 30 heavy (non-hydrogen) atoms. The lowest BCUT2D eigenvalue weighted by atomic mass is 9.83. The Morgan fingerprint density at radius 2 is 1.93 bits per heavy atom. The van der Waals surface area contributed by atoms with E-state index >= 15 is 0 Å². The highest BCUT2D eigenvalue weighted by molar-refractivity contribution is 14.0. The van der Waals surface area contributed by atoms with E-state index in [1.165, 1.54) is 32.6 Å². The summed E-state index contributed by atoms with van der Waals surface area (Å²) in [7, 11) is 3.36. The van der Waals surface area contributed by atoms with Crippen LogP contribution in [0.1, 0.15) is 51.5 Å². The molecule has 7 nitrogen and oxygen atoms in total. The fourth-order valence-electron chi connectivity index (χ4n) is 3.88. The SMILES string of the molecule is CCNC(=NCc1ccc(OC)c(NC(C)=O)c1)NCC1(CCOC)CCCC1.I. The maximum absolute atomic E-state index is 11.4. The van der Waals surface area contributed by atoms with Crippen molar-refractivity contribution in [3.63, 3.8) is 0 Å². The highest BCUT2D eigenvalue weighted by Crippen LogP contribution is 2.40. The van der Waals surface area contributed by atoms with Crippen LogP contribution in [0.25, 0.3) is 0 Å². The molecule has 0 radical (unpaired) electrons. The summed E-state index contributed by atoms with van der Waals surface area (Å²) in [6.45, 7) is 6.57. The lowest BCUT2D eigenvalue weighted by Gasteiger charge is -2.30. The molecule has 2 rings (SSSR count). The van der Waals surface area contributed by atoms with Gasteiger partial charge >= 0.3 is 0 Å². The van der Waals surface area contributed by atoms with Gasteiger partial charge in [-0.15, -0.1) is 24.0 Å². The lowest BCUT2D eigenvalue weighted by Crippen LogP contribution is -2.43. The van der Waals surface area contributed by atoms with Gasteiger partial charge < -0.3 is 25.4 Å². The Morgan fingerprint density at radius 3 is 2.53 bits per heavy atom. The standard InChI is InChI=1S/C22H36N4O3.HI/c1-5-23-21(25-16-22(12-13-28-3)10-6-7-11-22)24-15-18-8-9-20(29-4)19(14-18)26-17(2)27;/h8-9,14H,5-7,10-13,15-16H2,1-4H3,(H,26,27)(H2,23,24,25);1H. The minimum atomic E-state index is -0.128. The third kappa shape index (κ3) is 8.29. The van der Waals surface area contributed by atoms with Gasteiger partial charge in [0.1, 0.15) is 5.75 Å². The fraction of sp³-hybridized carbons (Fsp3) is 0.636. The van der Waals surface area contributed by atoms with Crippen molar-refractivity contribution in [1.82, 2.24) is 10.6 Å². The van der Waals surface area contributed by atoms with Crippen molar-refractivity contribution in [3.05, 3.63) is 23.8 Å². The second kappa shape index (κ2) is 13.7. The molecule has 0 unspecified atom stereocenters. The van der Waals surface area contributed by atoms with Gasteiger partial charge in [-0.05, 0) is 49.3 Å². The molecule has 3 N–H and O–H groups in total. The summed E-state index contributed by atoms with van der Waals surface area (Å²) >= 11 is 0. The maximum atomic E-state index is 11.4. The Morgan fingerprint density at radius 1 is 1.20 bits per heavy atom. The number of hydrogen-bond donors (Lipinski definition) is 3. The Hall–Kier alpha value is -1.55. The summed E-state index contributed by atoms with van der Waals surface area (Å²) in [5.74, 6) is 1.32.